The molecule has 0 aliphatic carbocycles. The normalized spacial score (nSPS) is 23.0. The fraction of sp³-hybridized carbons (Fsp3) is 0.368. The van der Waals surface area contributed by atoms with Crippen LogP contribution in [0.1, 0.15) is 16.7 Å². The minimum absolute atomic E-state index is 0.0418. The summed E-state index contributed by atoms with van der Waals surface area (Å²) >= 11 is 1.43. The van der Waals surface area contributed by atoms with E-state index in [2.05, 4.69) is 26.8 Å². The molecule has 3 aromatic rings. The van der Waals surface area contributed by atoms with Gasteiger partial charge in [0, 0.05) is 11.4 Å². The van der Waals surface area contributed by atoms with Crippen LogP contribution in [0.5, 0.6) is 0 Å². The SMILES string of the molecule is C=C(C(=O)O)c1csc(CCNc2nc(N)c3ncn([C@@H]4O[C@H](CO)[C@@H](O)[C@H]4O)c3n2)c1. The van der Waals surface area contributed by atoms with E-state index in [0.717, 1.165) is 4.88 Å². The summed E-state index contributed by atoms with van der Waals surface area (Å²) < 4.78 is 6.98. The Morgan fingerprint density at radius 2 is 2.12 bits per heavy atom. The van der Waals surface area contributed by atoms with E-state index in [1.54, 1.807) is 11.4 Å². The van der Waals surface area contributed by atoms with Crippen LogP contribution >= 0.6 is 11.3 Å². The van der Waals surface area contributed by atoms with Gasteiger partial charge in [-0.25, -0.2) is 9.78 Å². The number of nitrogens with one attached hydrogen (secondary N) is 1. The highest BCUT2D eigenvalue weighted by molar-refractivity contribution is 7.10. The number of rotatable bonds is 8. The molecule has 0 saturated carbocycles. The van der Waals surface area contributed by atoms with Crippen LogP contribution in [0.15, 0.2) is 24.4 Å². The number of fused-ring (bicyclic) bond motifs is 1. The van der Waals surface area contributed by atoms with Gasteiger partial charge in [-0.05, 0) is 23.4 Å². The molecule has 3 aromatic heterocycles. The summed E-state index contributed by atoms with van der Waals surface area (Å²) in [5.74, 6) is -0.704. The summed E-state index contributed by atoms with van der Waals surface area (Å²) in [4.78, 5) is 24.8. The topological polar surface area (TPSA) is 189 Å². The molecule has 4 heterocycles. The van der Waals surface area contributed by atoms with Gasteiger partial charge in [-0.1, -0.05) is 6.58 Å². The van der Waals surface area contributed by atoms with E-state index in [0.29, 0.717) is 29.7 Å². The Hall–Kier alpha value is -3.10. The maximum Gasteiger partial charge on any atom is 0.335 e. The molecule has 1 saturated heterocycles. The molecule has 13 heteroatoms. The third kappa shape index (κ3) is 4.03. The number of hydrogen-bond acceptors (Lipinski definition) is 11. The number of thiophene rings is 1. The largest absolute Gasteiger partial charge is 0.478 e. The maximum absolute atomic E-state index is 11.0. The highest BCUT2D eigenvalue weighted by atomic mass is 32.1. The zero-order chi connectivity index (χ0) is 23.0. The summed E-state index contributed by atoms with van der Waals surface area (Å²) in [6, 6.07) is 1.78. The van der Waals surface area contributed by atoms with E-state index < -0.39 is 37.1 Å². The summed E-state index contributed by atoms with van der Waals surface area (Å²) in [5.41, 5.74) is 7.23. The number of carboxylic acid groups (broad SMARTS) is 1. The average molecular weight is 462 g/mol. The van der Waals surface area contributed by atoms with Gasteiger partial charge < -0.3 is 36.2 Å². The van der Waals surface area contributed by atoms with Crippen molar-refractivity contribution in [1.29, 1.82) is 0 Å². The molecule has 170 valence electrons. The second-order valence-electron chi connectivity index (χ2n) is 7.25. The van der Waals surface area contributed by atoms with E-state index >= 15 is 0 Å². The number of imidazole rings is 1. The quantitative estimate of drug-likeness (QED) is 0.244. The number of aliphatic carboxylic acids is 1. The predicted molar refractivity (Wildman–Crippen MR) is 116 cm³/mol. The molecule has 0 spiro atoms. The lowest BCUT2D eigenvalue weighted by Crippen LogP contribution is -2.33. The highest BCUT2D eigenvalue weighted by Crippen LogP contribution is 2.32. The Morgan fingerprint density at radius 3 is 2.81 bits per heavy atom. The van der Waals surface area contributed by atoms with Gasteiger partial charge in [0.1, 0.15) is 23.8 Å². The first kappa shape index (κ1) is 22.1. The maximum atomic E-state index is 11.0. The molecule has 4 atom stereocenters. The third-order valence-electron chi connectivity index (χ3n) is 5.15. The van der Waals surface area contributed by atoms with Crippen LogP contribution in [0.25, 0.3) is 16.7 Å². The number of ether oxygens (including phenoxy) is 1. The van der Waals surface area contributed by atoms with Crippen LogP contribution in [-0.2, 0) is 16.0 Å². The van der Waals surface area contributed by atoms with Crippen LogP contribution in [0, 0.1) is 0 Å². The summed E-state index contributed by atoms with van der Waals surface area (Å²) in [7, 11) is 0. The van der Waals surface area contributed by atoms with Crippen LogP contribution in [-0.4, -0.2) is 77.4 Å². The number of hydrogen-bond donors (Lipinski definition) is 6. The summed E-state index contributed by atoms with van der Waals surface area (Å²) in [6.45, 7) is 3.55. The van der Waals surface area contributed by atoms with Gasteiger partial charge in [-0.15, -0.1) is 11.3 Å². The Kier molecular flexibility index (Phi) is 6.08. The number of carbonyl (C=O) groups is 1. The number of aliphatic hydroxyl groups is 3. The first-order valence-corrected chi connectivity index (χ1v) is 10.5. The lowest BCUT2D eigenvalue weighted by atomic mass is 10.1. The number of anilines is 2. The van der Waals surface area contributed by atoms with Gasteiger partial charge in [-0.2, -0.15) is 9.97 Å². The molecule has 1 fully saturated rings. The van der Waals surface area contributed by atoms with Crippen LogP contribution < -0.4 is 11.1 Å². The zero-order valence-corrected chi connectivity index (χ0v) is 17.6. The molecule has 0 radical (unpaired) electrons. The van der Waals surface area contributed by atoms with E-state index in [1.165, 1.54) is 22.2 Å². The number of nitrogens with zero attached hydrogens (tertiary/aromatic N) is 4. The lowest BCUT2D eigenvalue weighted by molar-refractivity contribution is -0.130. The van der Waals surface area contributed by atoms with Crippen molar-refractivity contribution in [3.8, 4) is 0 Å². The van der Waals surface area contributed by atoms with E-state index in [4.69, 9.17) is 15.6 Å². The predicted octanol–water partition coefficient (Wildman–Crippen LogP) is -0.166. The lowest BCUT2D eigenvalue weighted by Gasteiger charge is -2.16. The minimum atomic E-state index is -1.29. The molecule has 7 N–H and O–H groups in total. The Labute approximate surface area is 185 Å². The van der Waals surface area contributed by atoms with Crippen molar-refractivity contribution in [3.05, 3.63) is 34.8 Å². The van der Waals surface area contributed by atoms with Gasteiger partial charge >= 0.3 is 5.97 Å². The standard InChI is InChI=1S/C19H22N6O6S/c1-8(18(29)30)9-4-10(32-6-9)2-3-21-19-23-15(20)12-16(24-19)25(7-22-12)17-14(28)13(27)11(5-26)31-17/h4,6-7,11,13-14,17,26-28H,1-3,5H2,(H,29,30)(H3,20,21,23,24)/t11-,13-,14-,17-/m1/s1. The Bertz CT molecular complexity index is 1160. The summed E-state index contributed by atoms with van der Waals surface area (Å²) in [5, 5.41) is 43.5. The van der Waals surface area contributed by atoms with Gasteiger partial charge in [0.2, 0.25) is 5.95 Å². The molecule has 32 heavy (non-hydrogen) atoms. The zero-order valence-electron chi connectivity index (χ0n) is 16.7. The van der Waals surface area contributed by atoms with Gasteiger partial charge in [0.25, 0.3) is 0 Å². The molecule has 4 rings (SSSR count). The Balaban J connectivity index is 1.49. The first-order chi connectivity index (χ1) is 15.3. The van der Waals surface area contributed by atoms with Crippen molar-refractivity contribution in [3.63, 3.8) is 0 Å². The molecular weight excluding hydrogens is 440 g/mol. The van der Waals surface area contributed by atoms with E-state index in [1.807, 2.05) is 0 Å². The molecule has 0 unspecified atom stereocenters. The molecule has 1 aliphatic heterocycles. The second-order valence-corrected chi connectivity index (χ2v) is 8.24. The third-order valence-corrected chi connectivity index (χ3v) is 6.15. The van der Waals surface area contributed by atoms with Crippen molar-refractivity contribution in [1.82, 2.24) is 19.5 Å². The van der Waals surface area contributed by atoms with Crippen LogP contribution in [0.3, 0.4) is 0 Å². The molecule has 0 bridgehead atoms. The van der Waals surface area contributed by atoms with Crippen molar-refractivity contribution in [2.45, 2.75) is 31.0 Å². The van der Waals surface area contributed by atoms with Crippen LogP contribution in [0.4, 0.5) is 11.8 Å². The van der Waals surface area contributed by atoms with Crippen molar-refractivity contribution < 1.29 is 30.0 Å². The molecule has 12 nitrogen and oxygen atoms in total. The molecule has 0 amide bonds. The number of aliphatic hydroxyl groups excluding tert-OH is 3. The minimum Gasteiger partial charge on any atom is -0.478 e. The van der Waals surface area contributed by atoms with Gasteiger partial charge in [-0.3, -0.25) is 4.57 Å². The fourth-order valence-electron chi connectivity index (χ4n) is 3.40. The number of nitrogens with two attached hydrogens (primary N) is 1. The molecule has 0 aromatic carbocycles. The van der Waals surface area contributed by atoms with Gasteiger partial charge in [0.15, 0.2) is 17.7 Å². The summed E-state index contributed by atoms with van der Waals surface area (Å²) in [6.07, 6.45) is -2.51. The van der Waals surface area contributed by atoms with Crippen molar-refractivity contribution >= 4 is 45.8 Å². The smallest absolute Gasteiger partial charge is 0.335 e. The highest BCUT2D eigenvalue weighted by Gasteiger charge is 2.44. The van der Waals surface area contributed by atoms with E-state index in [-0.39, 0.29) is 17.3 Å². The number of carboxylic acids is 1. The van der Waals surface area contributed by atoms with Crippen LogP contribution in [0.2, 0.25) is 0 Å². The molecule has 1 aliphatic rings. The average Bonchev–Trinajstić information content (AvgIpc) is 3.47. The van der Waals surface area contributed by atoms with Crippen molar-refractivity contribution in [2.24, 2.45) is 0 Å². The number of aromatic nitrogens is 4. The Morgan fingerprint density at radius 1 is 1.34 bits per heavy atom. The van der Waals surface area contributed by atoms with E-state index in [9.17, 15) is 20.1 Å². The molecular formula is C19H22N6O6S. The fourth-order valence-corrected chi connectivity index (χ4v) is 4.31. The van der Waals surface area contributed by atoms with Crippen molar-refractivity contribution in [2.75, 3.05) is 24.2 Å². The van der Waals surface area contributed by atoms with Gasteiger partial charge in [0.05, 0.1) is 18.5 Å². The number of nitrogen functional groups attached to an aromatic ring is 1. The monoisotopic (exact) mass is 462 g/mol. The first-order valence-electron chi connectivity index (χ1n) is 9.66. The second kappa shape index (κ2) is 8.80.